The zero-order valence-electron chi connectivity index (χ0n) is 8.78. The molecule has 0 fully saturated rings. The number of hydrogen-bond donors (Lipinski definition) is 1. The van der Waals surface area contributed by atoms with E-state index in [9.17, 15) is 4.79 Å². The molecule has 0 aliphatic heterocycles. The van der Waals surface area contributed by atoms with E-state index >= 15 is 0 Å². The molecule has 1 unspecified atom stereocenters. The van der Waals surface area contributed by atoms with Gasteiger partial charge in [-0.05, 0) is 19.1 Å². The van der Waals surface area contributed by atoms with Gasteiger partial charge in [-0.2, -0.15) is 0 Å². The largest absolute Gasteiger partial charge is 0.459 e. The minimum Gasteiger partial charge on any atom is -0.459 e. The number of carbonyl (C=O) groups is 1. The third kappa shape index (κ3) is 2.01. The lowest BCUT2D eigenvalue weighted by Gasteiger charge is -2.08. The van der Waals surface area contributed by atoms with Crippen LogP contribution < -0.4 is 5.32 Å². The quantitative estimate of drug-likeness (QED) is 0.815. The maximum absolute atomic E-state index is 10.9. The zero-order chi connectivity index (χ0) is 10.8. The predicted octanol–water partition coefficient (Wildman–Crippen LogP) is 2.63. The van der Waals surface area contributed by atoms with Crippen molar-refractivity contribution in [3.8, 4) is 0 Å². The molecule has 78 valence electrons. The van der Waals surface area contributed by atoms with E-state index in [2.05, 4.69) is 5.32 Å². The van der Waals surface area contributed by atoms with Gasteiger partial charge in [-0.1, -0.05) is 18.2 Å². The molecule has 0 aliphatic rings. The monoisotopic (exact) mass is 203 g/mol. The van der Waals surface area contributed by atoms with Gasteiger partial charge in [0.1, 0.15) is 11.3 Å². The van der Waals surface area contributed by atoms with Gasteiger partial charge in [-0.25, -0.2) is 0 Å². The number of nitrogens with one attached hydrogen (secondary N) is 1. The number of carbonyl (C=O) groups excluding carboxylic acids is 1. The van der Waals surface area contributed by atoms with Crippen LogP contribution in [0.25, 0.3) is 11.0 Å². The third-order valence-corrected chi connectivity index (χ3v) is 2.29. The molecule has 1 N–H and O–H groups in total. The van der Waals surface area contributed by atoms with Crippen LogP contribution in [0.2, 0.25) is 0 Å². The standard InChI is InChI=1S/C12H13NO2/c1-8(13-9(2)14)12-7-10-5-3-4-6-11(10)15-12/h3-8H,1-2H3,(H,13,14). The van der Waals surface area contributed by atoms with E-state index in [0.29, 0.717) is 0 Å². The van der Waals surface area contributed by atoms with Crippen LogP contribution in [0.15, 0.2) is 34.7 Å². The molecule has 0 aliphatic carbocycles. The normalized spacial score (nSPS) is 12.7. The first-order valence-electron chi connectivity index (χ1n) is 4.92. The average molecular weight is 203 g/mol. The summed E-state index contributed by atoms with van der Waals surface area (Å²) in [7, 11) is 0. The van der Waals surface area contributed by atoms with Gasteiger partial charge >= 0.3 is 0 Å². The van der Waals surface area contributed by atoms with Crippen molar-refractivity contribution in [3.63, 3.8) is 0 Å². The van der Waals surface area contributed by atoms with Crippen LogP contribution >= 0.6 is 0 Å². The summed E-state index contributed by atoms with van der Waals surface area (Å²) >= 11 is 0. The van der Waals surface area contributed by atoms with Crippen LogP contribution in [0.1, 0.15) is 25.6 Å². The minimum atomic E-state index is -0.0881. The number of furan rings is 1. The van der Waals surface area contributed by atoms with Crippen molar-refractivity contribution in [3.05, 3.63) is 36.1 Å². The average Bonchev–Trinajstić information content (AvgIpc) is 2.59. The molecule has 0 bridgehead atoms. The topological polar surface area (TPSA) is 42.2 Å². The SMILES string of the molecule is CC(=O)NC(C)c1cc2ccccc2o1. The Hall–Kier alpha value is -1.77. The molecular formula is C12H13NO2. The van der Waals surface area contributed by atoms with Gasteiger partial charge in [-0.3, -0.25) is 4.79 Å². The Morgan fingerprint density at radius 1 is 1.40 bits per heavy atom. The summed E-state index contributed by atoms with van der Waals surface area (Å²) in [5.41, 5.74) is 0.852. The molecule has 0 spiro atoms. The molecule has 3 heteroatoms. The molecule has 3 nitrogen and oxygen atoms in total. The summed E-state index contributed by atoms with van der Waals surface area (Å²) in [6.07, 6.45) is 0. The Morgan fingerprint density at radius 2 is 2.13 bits per heavy atom. The first-order chi connectivity index (χ1) is 7.16. The van der Waals surface area contributed by atoms with Gasteiger partial charge in [0.2, 0.25) is 5.91 Å². The van der Waals surface area contributed by atoms with Gasteiger partial charge in [0, 0.05) is 12.3 Å². The molecule has 1 heterocycles. The molecule has 2 aromatic rings. The Morgan fingerprint density at radius 3 is 2.80 bits per heavy atom. The summed E-state index contributed by atoms with van der Waals surface area (Å²) < 4.78 is 5.62. The van der Waals surface area contributed by atoms with Crippen molar-refractivity contribution in [2.45, 2.75) is 19.9 Å². The lowest BCUT2D eigenvalue weighted by Crippen LogP contribution is -2.23. The van der Waals surface area contributed by atoms with Crippen molar-refractivity contribution in [1.82, 2.24) is 5.32 Å². The van der Waals surface area contributed by atoms with Gasteiger partial charge in [0.05, 0.1) is 6.04 Å². The van der Waals surface area contributed by atoms with E-state index in [1.54, 1.807) is 0 Å². The minimum absolute atomic E-state index is 0.0528. The summed E-state index contributed by atoms with van der Waals surface area (Å²) in [6.45, 7) is 3.40. The summed E-state index contributed by atoms with van der Waals surface area (Å²) in [5.74, 6) is 0.731. The number of rotatable bonds is 2. The predicted molar refractivity (Wildman–Crippen MR) is 58.4 cm³/mol. The number of para-hydroxylation sites is 1. The van der Waals surface area contributed by atoms with Gasteiger partial charge < -0.3 is 9.73 Å². The number of hydrogen-bond acceptors (Lipinski definition) is 2. The van der Waals surface area contributed by atoms with Gasteiger partial charge in [0.25, 0.3) is 0 Å². The van der Waals surface area contributed by atoms with Crippen LogP contribution in [0.3, 0.4) is 0 Å². The number of fused-ring (bicyclic) bond motifs is 1. The van der Waals surface area contributed by atoms with Crippen molar-refractivity contribution in [2.75, 3.05) is 0 Å². The molecule has 1 aromatic carbocycles. The first kappa shape index (κ1) is 9.77. The Bertz CT molecular complexity index is 454. The molecule has 1 amide bonds. The fourth-order valence-electron chi connectivity index (χ4n) is 1.59. The fourth-order valence-corrected chi connectivity index (χ4v) is 1.59. The highest BCUT2D eigenvalue weighted by Gasteiger charge is 2.11. The second-order valence-corrected chi connectivity index (χ2v) is 3.61. The maximum atomic E-state index is 10.9. The Kier molecular flexibility index (Phi) is 2.46. The summed E-state index contributed by atoms with van der Waals surface area (Å²) in [5, 5.41) is 3.85. The van der Waals surface area contributed by atoms with E-state index in [-0.39, 0.29) is 11.9 Å². The van der Waals surface area contributed by atoms with E-state index in [0.717, 1.165) is 16.7 Å². The highest BCUT2D eigenvalue weighted by molar-refractivity contribution is 5.78. The highest BCUT2D eigenvalue weighted by Crippen LogP contribution is 2.23. The van der Waals surface area contributed by atoms with E-state index in [1.165, 1.54) is 6.92 Å². The fraction of sp³-hybridized carbons (Fsp3) is 0.250. The third-order valence-electron chi connectivity index (χ3n) is 2.29. The summed E-state index contributed by atoms with van der Waals surface area (Å²) in [4.78, 5) is 10.9. The van der Waals surface area contributed by atoms with Crippen LogP contribution in [0.4, 0.5) is 0 Å². The van der Waals surface area contributed by atoms with E-state index < -0.39 is 0 Å². The molecule has 2 rings (SSSR count). The van der Waals surface area contributed by atoms with Crippen molar-refractivity contribution in [1.29, 1.82) is 0 Å². The second-order valence-electron chi connectivity index (χ2n) is 3.61. The Labute approximate surface area is 88.1 Å². The Balaban J connectivity index is 2.32. The first-order valence-corrected chi connectivity index (χ1v) is 4.92. The van der Waals surface area contributed by atoms with E-state index in [4.69, 9.17) is 4.42 Å². The van der Waals surface area contributed by atoms with Crippen LogP contribution in [0, 0.1) is 0 Å². The molecular weight excluding hydrogens is 190 g/mol. The lowest BCUT2D eigenvalue weighted by molar-refractivity contribution is -0.119. The van der Waals surface area contributed by atoms with Crippen molar-refractivity contribution < 1.29 is 9.21 Å². The smallest absolute Gasteiger partial charge is 0.217 e. The van der Waals surface area contributed by atoms with Crippen LogP contribution in [0.5, 0.6) is 0 Å². The number of benzene rings is 1. The van der Waals surface area contributed by atoms with Crippen molar-refractivity contribution in [2.24, 2.45) is 0 Å². The molecule has 0 radical (unpaired) electrons. The van der Waals surface area contributed by atoms with Gasteiger partial charge in [-0.15, -0.1) is 0 Å². The molecule has 15 heavy (non-hydrogen) atoms. The summed E-state index contributed by atoms with van der Waals surface area (Å²) in [6, 6.07) is 9.66. The van der Waals surface area contributed by atoms with Crippen molar-refractivity contribution >= 4 is 16.9 Å². The molecule has 1 aromatic heterocycles. The van der Waals surface area contributed by atoms with Crippen LogP contribution in [-0.2, 0) is 4.79 Å². The second kappa shape index (κ2) is 3.77. The lowest BCUT2D eigenvalue weighted by atomic mass is 10.2. The van der Waals surface area contributed by atoms with Crippen LogP contribution in [-0.4, -0.2) is 5.91 Å². The maximum Gasteiger partial charge on any atom is 0.217 e. The zero-order valence-corrected chi connectivity index (χ0v) is 8.78. The molecule has 0 saturated heterocycles. The van der Waals surface area contributed by atoms with E-state index in [1.807, 2.05) is 37.3 Å². The number of amides is 1. The molecule has 1 atom stereocenters. The van der Waals surface area contributed by atoms with Gasteiger partial charge in [0.15, 0.2) is 0 Å². The highest BCUT2D eigenvalue weighted by atomic mass is 16.3. The molecule has 0 saturated carbocycles.